The van der Waals surface area contributed by atoms with Crippen LogP contribution in [0.1, 0.15) is 41.5 Å². The van der Waals surface area contributed by atoms with E-state index in [1.807, 2.05) is 0 Å². The lowest BCUT2D eigenvalue weighted by atomic mass is 10.2. The average Bonchev–Trinajstić information content (AvgIpc) is 2.66. The largest absolute Gasteiger partial charge is 0.353 e. The third-order valence-electron chi connectivity index (χ3n) is 4.45. The van der Waals surface area contributed by atoms with Gasteiger partial charge in [0, 0.05) is 50.7 Å². The SMILES string of the molecule is CCN(CC)c1nc(NCCN(C(C)C)C(C)C)nc(Nc2cnccn2)n1. The van der Waals surface area contributed by atoms with E-state index in [1.165, 1.54) is 0 Å². The molecule has 0 aliphatic heterocycles. The van der Waals surface area contributed by atoms with Crippen molar-refractivity contribution in [3.05, 3.63) is 18.6 Å². The number of aromatic nitrogens is 5. The molecule has 0 fully saturated rings. The zero-order valence-corrected chi connectivity index (χ0v) is 17.8. The van der Waals surface area contributed by atoms with E-state index >= 15 is 0 Å². The Balaban J connectivity index is 2.17. The Morgan fingerprint density at radius 2 is 1.61 bits per heavy atom. The molecule has 0 unspecified atom stereocenters. The van der Waals surface area contributed by atoms with Crippen LogP contribution in [0.2, 0.25) is 0 Å². The summed E-state index contributed by atoms with van der Waals surface area (Å²) < 4.78 is 0. The van der Waals surface area contributed by atoms with Crippen molar-refractivity contribution in [2.24, 2.45) is 0 Å². The Hall–Kier alpha value is -2.55. The van der Waals surface area contributed by atoms with Crippen LogP contribution in [0.5, 0.6) is 0 Å². The fourth-order valence-electron chi connectivity index (χ4n) is 3.04. The van der Waals surface area contributed by atoms with Crippen LogP contribution in [0.3, 0.4) is 0 Å². The van der Waals surface area contributed by atoms with Crippen molar-refractivity contribution in [1.29, 1.82) is 0 Å². The Morgan fingerprint density at radius 3 is 2.18 bits per heavy atom. The highest BCUT2D eigenvalue weighted by atomic mass is 15.3. The summed E-state index contributed by atoms with van der Waals surface area (Å²) in [7, 11) is 0. The number of hydrogen-bond donors (Lipinski definition) is 2. The summed E-state index contributed by atoms with van der Waals surface area (Å²) >= 11 is 0. The maximum atomic E-state index is 4.60. The monoisotopic (exact) mass is 387 g/mol. The summed E-state index contributed by atoms with van der Waals surface area (Å²) in [4.78, 5) is 26.5. The van der Waals surface area contributed by atoms with Gasteiger partial charge in [0.2, 0.25) is 17.8 Å². The lowest BCUT2D eigenvalue weighted by Crippen LogP contribution is -2.40. The molecule has 0 radical (unpaired) electrons. The molecule has 2 aromatic rings. The van der Waals surface area contributed by atoms with Gasteiger partial charge in [-0.2, -0.15) is 15.0 Å². The number of anilines is 4. The Kier molecular flexibility index (Phi) is 8.31. The topological polar surface area (TPSA) is 95.0 Å². The zero-order valence-electron chi connectivity index (χ0n) is 17.8. The minimum atomic E-state index is 0.449. The van der Waals surface area contributed by atoms with E-state index in [-0.39, 0.29) is 0 Å². The van der Waals surface area contributed by atoms with E-state index in [0.29, 0.717) is 35.7 Å². The van der Waals surface area contributed by atoms with Crippen LogP contribution in [0.4, 0.5) is 23.7 Å². The number of hydrogen-bond acceptors (Lipinski definition) is 9. The molecule has 0 amide bonds. The minimum absolute atomic E-state index is 0.449. The van der Waals surface area contributed by atoms with Crippen molar-refractivity contribution >= 4 is 23.7 Å². The molecule has 9 heteroatoms. The van der Waals surface area contributed by atoms with E-state index in [2.05, 4.69) is 86.9 Å². The molecule has 2 aromatic heterocycles. The number of rotatable bonds is 11. The zero-order chi connectivity index (χ0) is 20.5. The van der Waals surface area contributed by atoms with E-state index in [0.717, 1.165) is 26.2 Å². The molecule has 0 atom stereocenters. The molecule has 154 valence electrons. The second kappa shape index (κ2) is 10.7. The molecule has 0 saturated heterocycles. The number of nitrogens with zero attached hydrogens (tertiary/aromatic N) is 7. The smallest absolute Gasteiger partial charge is 0.235 e. The predicted octanol–water partition coefficient (Wildman–Crippen LogP) is 2.78. The van der Waals surface area contributed by atoms with Crippen molar-refractivity contribution in [2.45, 2.75) is 53.6 Å². The second-order valence-corrected chi connectivity index (χ2v) is 7.02. The molecule has 2 heterocycles. The van der Waals surface area contributed by atoms with Gasteiger partial charge in [-0.1, -0.05) is 0 Å². The maximum absolute atomic E-state index is 4.60. The highest BCUT2D eigenvalue weighted by Gasteiger charge is 2.14. The fourth-order valence-corrected chi connectivity index (χ4v) is 3.04. The van der Waals surface area contributed by atoms with Gasteiger partial charge in [0.05, 0.1) is 6.20 Å². The Labute approximate surface area is 168 Å². The summed E-state index contributed by atoms with van der Waals surface area (Å²) in [5, 5.41) is 6.46. The van der Waals surface area contributed by atoms with Gasteiger partial charge in [-0.15, -0.1) is 0 Å². The molecule has 0 aliphatic carbocycles. The molecule has 0 aromatic carbocycles. The lowest BCUT2D eigenvalue weighted by Gasteiger charge is -2.30. The minimum Gasteiger partial charge on any atom is -0.353 e. The second-order valence-electron chi connectivity index (χ2n) is 7.02. The predicted molar refractivity (Wildman–Crippen MR) is 114 cm³/mol. The summed E-state index contributed by atoms with van der Waals surface area (Å²) in [6, 6.07) is 0.973. The molecule has 0 aliphatic rings. The van der Waals surface area contributed by atoms with Gasteiger partial charge < -0.3 is 15.5 Å². The van der Waals surface area contributed by atoms with E-state index in [9.17, 15) is 0 Å². The van der Waals surface area contributed by atoms with E-state index < -0.39 is 0 Å². The molecule has 2 N–H and O–H groups in total. The van der Waals surface area contributed by atoms with Crippen molar-refractivity contribution in [3.8, 4) is 0 Å². The molecule has 9 nitrogen and oxygen atoms in total. The standard InChI is InChI=1S/C19H33N9/c1-7-27(8-2)19-25-17(22-11-12-28(14(3)4)15(5)6)24-18(26-19)23-16-13-20-9-10-21-16/h9-10,13-15H,7-8,11-12H2,1-6H3,(H2,21,22,23,24,25,26). The van der Waals surface area contributed by atoms with Gasteiger partial charge in [0.25, 0.3) is 0 Å². The summed E-state index contributed by atoms with van der Waals surface area (Å²) in [6.45, 7) is 16.3. The quantitative estimate of drug-likeness (QED) is 0.603. The van der Waals surface area contributed by atoms with Gasteiger partial charge in [-0.25, -0.2) is 4.98 Å². The van der Waals surface area contributed by atoms with Crippen LogP contribution in [0.15, 0.2) is 18.6 Å². The molecular formula is C19H33N9. The van der Waals surface area contributed by atoms with Crippen molar-refractivity contribution < 1.29 is 0 Å². The van der Waals surface area contributed by atoms with E-state index in [4.69, 9.17) is 0 Å². The molecule has 0 bridgehead atoms. The normalized spacial score (nSPS) is 11.3. The van der Waals surface area contributed by atoms with Crippen LogP contribution >= 0.6 is 0 Å². The molecule has 0 spiro atoms. The van der Waals surface area contributed by atoms with Gasteiger partial charge >= 0.3 is 0 Å². The molecule has 0 saturated carbocycles. The highest BCUT2D eigenvalue weighted by Crippen LogP contribution is 2.16. The van der Waals surface area contributed by atoms with Crippen LogP contribution in [0, 0.1) is 0 Å². The summed E-state index contributed by atoms with van der Waals surface area (Å²) in [5.74, 6) is 2.23. The first-order chi connectivity index (χ1) is 13.4. The molecule has 2 rings (SSSR count). The average molecular weight is 388 g/mol. The fraction of sp³-hybridized carbons (Fsp3) is 0.632. The van der Waals surface area contributed by atoms with E-state index in [1.54, 1.807) is 18.6 Å². The summed E-state index contributed by atoms with van der Waals surface area (Å²) in [5.41, 5.74) is 0. The van der Waals surface area contributed by atoms with Crippen molar-refractivity contribution in [1.82, 2.24) is 29.8 Å². The maximum Gasteiger partial charge on any atom is 0.235 e. The van der Waals surface area contributed by atoms with Crippen LogP contribution < -0.4 is 15.5 Å². The number of nitrogens with one attached hydrogen (secondary N) is 2. The first-order valence-electron chi connectivity index (χ1n) is 9.98. The first-order valence-corrected chi connectivity index (χ1v) is 9.98. The van der Waals surface area contributed by atoms with Crippen LogP contribution in [0.25, 0.3) is 0 Å². The van der Waals surface area contributed by atoms with Crippen LogP contribution in [-0.2, 0) is 0 Å². The molecular weight excluding hydrogens is 354 g/mol. The Bertz CT molecular complexity index is 694. The third kappa shape index (κ3) is 6.26. The molecule has 28 heavy (non-hydrogen) atoms. The van der Waals surface area contributed by atoms with Crippen molar-refractivity contribution in [3.63, 3.8) is 0 Å². The van der Waals surface area contributed by atoms with Crippen LogP contribution in [-0.4, -0.2) is 68.1 Å². The summed E-state index contributed by atoms with van der Waals surface area (Å²) in [6.07, 6.45) is 4.89. The third-order valence-corrected chi connectivity index (χ3v) is 4.45. The first kappa shape index (κ1) is 21.7. The van der Waals surface area contributed by atoms with Gasteiger partial charge in [-0.05, 0) is 41.5 Å². The van der Waals surface area contributed by atoms with Crippen molar-refractivity contribution in [2.75, 3.05) is 41.7 Å². The van der Waals surface area contributed by atoms with Gasteiger partial charge in [-0.3, -0.25) is 9.88 Å². The van der Waals surface area contributed by atoms with Gasteiger partial charge in [0.15, 0.2) is 5.82 Å². The van der Waals surface area contributed by atoms with Gasteiger partial charge in [0.1, 0.15) is 0 Å². The lowest BCUT2D eigenvalue weighted by molar-refractivity contribution is 0.182. The Morgan fingerprint density at radius 1 is 0.929 bits per heavy atom. The highest BCUT2D eigenvalue weighted by molar-refractivity contribution is 5.51.